The van der Waals surface area contributed by atoms with Crippen molar-refractivity contribution in [1.29, 1.82) is 0 Å². The van der Waals surface area contributed by atoms with Crippen LogP contribution in [0.15, 0.2) is 0 Å². The third-order valence-electron chi connectivity index (χ3n) is 3.04. The van der Waals surface area contributed by atoms with Gasteiger partial charge in [-0.1, -0.05) is 19.8 Å². The fourth-order valence-electron chi connectivity index (χ4n) is 2.14. The molecule has 94 valence electrons. The van der Waals surface area contributed by atoms with Crippen LogP contribution in [0.3, 0.4) is 0 Å². The van der Waals surface area contributed by atoms with Crippen LogP contribution in [0.4, 0.5) is 0 Å². The normalized spacial score (nSPS) is 30.1. The van der Waals surface area contributed by atoms with E-state index in [0.717, 1.165) is 25.7 Å². The molecule has 3 N–H and O–H groups in total. The van der Waals surface area contributed by atoms with Crippen molar-refractivity contribution in [3.8, 4) is 0 Å². The second-order valence-electron chi connectivity index (χ2n) is 4.63. The standard InChI is InChI=1S/C11H22N2O3/c1-9-4-3-5-11(12,8-9)10(14)13-16-7-6-15-2/h9H,3-8,12H2,1-2H3,(H,13,14). The fraction of sp³-hybridized carbons (Fsp3) is 0.909. The van der Waals surface area contributed by atoms with E-state index in [1.165, 1.54) is 0 Å². The molecule has 1 aliphatic carbocycles. The second-order valence-corrected chi connectivity index (χ2v) is 4.63. The average Bonchev–Trinajstić information content (AvgIpc) is 2.23. The molecule has 2 unspecified atom stereocenters. The molecule has 16 heavy (non-hydrogen) atoms. The monoisotopic (exact) mass is 230 g/mol. The fourth-order valence-corrected chi connectivity index (χ4v) is 2.14. The van der Waals surface area contributed by atoms with E-state index in [-0.39, 0.29) is 5.91 Å². The van der Waals surface area contributed by atoms with Gasteiger partial charge in [-0.2, -0.15) is 0 Å². The Morgan fingerprint density at radius 1 is 1.56 bits per heavy atom. The molecular weight excluding hydrogens is 208 g/mol. The van der Waals surface area contributed by atoms with Crippen molar-refractivity contribution in [2.45, 2.75) is 38.1 Å². The average molecular weight is 230 g/mol. The minimum Gasteiger partial charge on any atom is -0.382 e. The zero-order chi connectivity index (χ0) is 12.0. The first kappa shape index (κ1) is 13.4. The number of methoxy groups -OCH3 is 1. The maximum absolute atomic E-state index is 11.8. The molecule has 1 amide bonds. The molecular formula is C11H22N2O3. The maximum atomic E-state index is 11.8. The van der Waals surface area contributed by atoms with Crippen LogP contribution in [0.1, 0.15) is 32.6 Å². The SMILES string of the molecule is COCCONC(=O)C1(N)CCCC(C)C1. The third kappa shape index (κ3) is 3.73. The van der Waals surface area contributed by atoms with Gasteiger partial charge >= 0.3 is 0 Å². The van der Waals surface area contributed by atoms with Crippen LogP contribution in [0, 0.1) is 5.92 Å². The van der Waals surface area contributed by atoms with Gasteiger partial charge < -0.3 is 10.5 Å². The Hall–Kier alpha value is -0.650. The summed E-state index contributed by atoms with van der Waals surface area (Å²) in [5.41, 5.74) is 7.73. The van der Waals surface area contributed by atoms with Crippen molar-refractivity contribution < 1.29 is 14.4 Å². The Kier molecular flexibility index (Phi) is 5.18. The quantitative estimate of drug-likeness (QED) is 0.535. The number of hydrogen-bond donors (Lipinski definition) is 2. The van der Waals surface area contributed by atoms with Crippen LogP contribution in [-0.4, -0.2) is 31.8 Å². The van der Waals surface area contributed by atoms with E-state index in [9.17, 15) is 4.79 Å². The van der Waals surface area contributed by atoms with Gasteiger partial charge in [-0.3, -0.25) is 9.63 Å². The predicted molar refractivity (Wildman–Crippen MR) is 60.5 cm³/mol. The van der Waals surface area contributed by atoms with Gasteiger partial charge in [0.2, 0.25) is 0 Å². The Bertz CT molecular complexity index is 235. The lowest BCUT2D eigenvalue weighted by molar-refractivity contribution is -0.142. The van der Waals surface area contributed by atoms with Crippen LogP contribution < -0.4 is 11.2 Å². The molecule has 1 aliphatic rings. The summed E-state index contributed by atoms with van der Waals surface area (Å²) in [6.45, 7) is 2.92. The number of rotatable bonds is 5. The minimum absolute atomic E-state index is 0.213. The lowest BCUT2D eigenvalue weighted by Gasteiger charge is -2.34. The number of nitrogens with two attached hydrogens (primary N) is 1. The summed E-state index contributed by atoms with van der Waals surface area (Å²) < 4.78 is 4.80. The highest BCUT2D eigenvalue weighted by molar-refractivity contribution is 5.85. The Balaban J connectivity index is 2.33. The molecule has 1 fully saturated rings. The molecule has 0 aliphatic heterocycles. The summed E-state index contributed by atoms with van der Waals surface area (Å²) in [6, 6.07) is 0. The number of carbonyl (C=O) groups is 1. The van der Waals surface area contributed by atoms with E-state index in [1.54, 1.807) is 7.11 Å². The van der Waals surface area contributed by atoms with Gasteiger partial charge in [0.05, 0.1) is 18.8 Å². The molecule has 0 saturated heterocycles. The van der Waals surface area contributed by atoms with Gasteiger partial charge in [0, 0.05) is 7.11 Å². The zero-order valence-electron chi connectivity index (χ0n) is 10.1. The summed E-state index contributed by atoms with van der Waals surface area (Å²) in [5, 5.41) is 0. The highest BCUT2D eigenvalue weighted by atomic mass is 16.7. The molecule has 0 aromatic heterocycles. The smallest absolute Gasteiger partial charge is 0.263 e. The molecule has 0 spiro atoms. The van der Waals surface area contributed by atoms with Crippen LogP contribution in [0.25, 0.3) is 0 Å². The van der Waals surface area contributed by atoms with Crippen molar-refractivity contribution in [1.82, 2.24) is 5.48 Å². The first-order valence-electron chi connectivity index (χ1n) is 5.78. The van der Waals surface area contributed by atoms with Crippen molar-refractivity contribution in [3.05, 3.63) is 0 Å². The lowest BCUT2D eigenvalue weighted by Crippen LogP contribution is -2.56. The molecule has 5 heteroatoms. The van der Waals surface area contributed by atoms with Gasteiger partial charge in [-0.15, -0.1) is 0 Å². The molecule has 0 heterocycles. The van der Waals surface area contributed by atoms with E-state index in [2.05, 4.69) is 12.4 Å². The van der Waals surface area contributed by atoms with Crippen LogP contribution >= 0.6 is 0 Å². The Labute approximate surface area is 96.6 Å². The molecule has 1 saturated carbocycles. The van der Waals surface area contributed by atoms with E-state index in [4.69, 9.17) is 15.3 Å². The van der Waals surface area contributed by atoms with E-state index in [1.807, 2.05) is 0 Å². The summed E-state index contributed by atoms with van der Waals surface area (Å²) in [5.74, 6) is 0.290. The molecule has 0 bridgehead atoms. The van der Waals surface area contributed by atoms with Gasteiger partial charge in [-0.25, -0.2) is 5.48 Å². The number of carbonyl (C=O) groups excluding carboxylic acids is 1. The van der Waals surface area contributed by atoms with Gasteiger partial charge in [-0.05, 0) is 18.8 Å². The number of amides is 1. The lowest BCUT2D eigenvalue weighted by atomic mass is 9.77. The van der Waals surface area contributed by atoms with Crippen molar-refractivity contribution in [2.24, 2.45) is 11.7 Å². The molecule has 1 rings (SSSR count). The van der Waals surface area contributed by atoms with Gasteiger partial charge in [0.25, 0.3) is 5.91 Å². The molecule has 2 atom stereocenters. The highest BCUT2D eigenvalue weighted by Crippen LogP contribution is 2.30. The highest BCUT2D eigenvalue weighted by Gasteiger charge is 2.38. The number of nitrogens with one attached hydrogen (secondary N) is 1. The first-order chi connectivity index (χ1) is 7.58. The van der Waals surface area contributed by atoms with Crippen LogP contribution in [0.2, 0.25) is 0 Å². The predicted octanol–water partition coefficient (Wildman–Crippen LogP) is 0.588. The summed E-state index contributed by atoms with van der Waals surface area (Å²) in [6.07, 6.45) is 3.61. The molecule has 0 radical (unpaired) electrons. The van der Waals surface area contributed by atoms with Gasteiger partial charge in [0.1, 0.15) is 0 Å². The van der Waals surface area contributed by atoms with Crippen molar-refractivity contribution in [3.63, 3.8) is 0 Å². The maximum Gasteiger partial charge on any atom is 0.263 e. The first-order valence-corrected chi connectivity index (χ1v) is 5.78. The topological polar surface area (TPSA) is 73.6 Å². The van der Waals surface area contributed by atoms with Crippen molar-refractivity contribution >= 4 is 5.91 Å². The number of ether oxygens (including phenoxy) is 1. The van der Waals surface area contributed by atoms with Crippen LogP contribution in [-0.2, 0) is 14.4 Å². The molecule has 0 aromatic carbocycles. The largest absolute Gasteiger partial charge is 0.382 e. The van der Waals surface area contributed by atoms with Gasteiger partial charge in [0.15, 0.2) is 0 Å². The number of hydroxylamine groups is 1. The Morgan fingerprint density at radius 2 is 2.31 bits per heavy atom. The van der Waals surface area contributed by atoms with E-state index in [0.29, 0.717) is 19.1 Å². The van der Waals surface area contributed by atoms with Crippen molar-refractivity contribution in [2.75, 3.05) is 20.3 Å². The van der Waals surface area contributed by atoms with E-state index < -0.39 is 5.54 Å². The summed E-state index contributed by atoms with van der Waals surface area (Å²) in [4.78, 5) is 16.8. The number of hydrogen-bond acceptors (Lipinski definition) is 4. The minimum atomic E-state index is -0.759. The Morgan fingerprint density at radius 3 is 2.94 bits per heavy atom. The second kappa shape index (κ2) is 6.18. The third-order valence-corrected chi connectivity index (χ3v) is 3.04. The van der Waals surface area contributed by atoms with Crippen LogP contribution in [0.5, 0.6) is 0 Å². The molecule has 0 aromatic rings. The summed E-state index contributed by atoms with van der Waals surface area (Å²) in [7, 11) is 1.58. The molecule has 5 nitrogen and oxygen atoms in total. The summed E-state index contributed by atoms with van der Waals surface area (Å²) >= 11 is 0. The van der Waals surface area contributed by atoms with E-state index >= 15 is 0 Å². The zero-order valence-corrected chi connectivity index (χ0v) is 10.1.